The van der Waals surface area contributed by atoms with Gasteiger partial charge in [-0.2, -0.15) is 0 Å². The molecule has 1 fully saturated rings. The normalized spacial score (nSPS) is 16.2. The van der Waals surface area contributed by atoms with E-state index in [1.807, 2.05) is 40.0 Å². The molecule has 110 valence electrons. The molecule has 0 radical (unpaired) electrons. The second kappa shape index (κ2) is 5.69. The van der Waals surface area contributed by atoms with Crippen molar-refractivity contribution < 1.29 is 9.53 Å². The predicted molar refractivity (Wildman–Crippen MR) is 79.0 cm³/mol. The molecule has 2 rings (SSSR count). The van der Waals surface area contributed by atoms with Gasteiger partial charge in [0.05, 0.1) is 11.9 Å². The van der Waals surface area contributed by atoms with Crippen LogP contribution in [-0.4, -0.2) is 47.8 Å². The van der Waals surface area contributed by atoms with E-state index in [0.29, 0.717) is 13.1 Å². The molecule has 5 nitrogen and oxygen atoms in total. The van der Waals surface area contributed by atoms with Crippen molar-refractivity contribution in [3.63, 3.8) is 0 Å². The standard InChI is InChI=1S/C15H23N3O2/c1-12-5-6-13(11-16-12)17-7-9-18(10-8-17)14(19)20-15(2,3)4/h5-6,11H,7-10H2,1-4H3. The summed E-state index contributed by atoms with van der Waals surface area (Å²) in [6.07, 6.45) is 1.66. The monoisotopic (exact) mass is 277 g/mol. The number of piperazine rings is 1. The number of aromatic nitrogens is 1. The molecule has 0 saturated carbocycles. The van der Waals surface area contributed by atoms with Crippen LogP contribution in [0.5, 0.6) is 0 Å². The molecule has 1 saturated heterocycles. The highest BCUT2D eigenvalue weighted by Crippen LogP contribution is 2.17. The number of carbonyl (C=O) groups excluding carboxylic acids is 1. The molecular formula is C15H23N3O2. The molecule has 1 aromatic heterocycles. The van der Waals surface area contributed by atoms with Gasteiger partial charge in [-0.1, -0.05) is 0 Å². The van der Waals surface area contributed by atoms with Crippen molar-refractivity contribution in [1.82, 2.24) is 9.88 Å². The summed E-state index contributed by atoms with van der Waals surface area (Å²) in [4.78, 5) is 20.3. The predicted octanol–water partition coefficient (Wildman–Crippen LogP) is 2.45. The molecule has 0 atom stereocenters. The number of pyridine rings is 1. The van der Waals surface area contributed by atoms with Crippen LogP contribution in [0, 0.1) is 6.92 Å². The molecule has 2 heterocycles. The van der Waals surface area contributed by atoms with Crippen molar-refractivity contribution in [3.8, 4) is 0 Å². The van der Waals surface area contributed by atoms with Gasteiger partial charge in [0.1, 0.15) is 5.60 Å². The largest absolute Gasteiger partial charge is 0.444 e. The van der Waals surface area contributed by atoms with Crippen molar-refractivity contribution in [2.45, 2.75) is 33.3 Å². The SMILES string of the molecule is Cc1ccc(N2CCN(C(=O)OC(C)(C)C)CC2)cn1. The van der Waals surface area contributed by atoms with Crippen LogP contribution in [0.15, 0.2) is 18.3 Å². The molecule has 1 amide bonds. The molecule has 5 heteroatoms. The number of ether oxygens (including phenoxy) is 1. The first-order valence-corrected chi connectivity index (χ1v) is 7.01. The summed E-state index contributed by atoms with van der Waals surface area (Å²) in [5, 5.41) is 0. The van der Waals surface area contributed by atoms with Crippen LogP contribution in [-0.2, 0) is 4.74 Å². The molecule has 0 spiro atoms. The summed E-state index contributed by atoms with van der Waals surface area (Å²) in [6, 6.07) is 4.08. The Kier molecular flexibility index (Phi) is 4.16. The molecule has 1 aliphatic rings. The van der Waals surface area contributed by atoms with E-state index in [-0.39, 0.29) is 6.09 Å². The van der Waals surface area contributed by atoms with Crippen molar-refractivity contribution in [1.29, 1.82) is 0 Å². The Labute approximate surface area is 120 Å². The van der Waals surface area contributed by atoms with Gasteiger partial charge >= 0.3 is 6.09 Å². The average Bonchev–Trinajstić information content (AvgIpc) is 2.38. The first-order chi connectivity index (χ1) is 9.35. The van der Waals surface area contributed by atoms with E-state index in [4.69, 9.17) is 4.74 Å². The van der Waals surface area contributed by atoms with E-state index in [1.165, 1.54) is 0 Å². The zero-order chi connectivity index (χ0) is 14.8. The lowest BCUT2D eigenvalue weighted by atomic mass is 10.2. The van der Waals surface area contributed by atoms with E-state index >= 15 is 0 Å². The van der Waals surface area contributed by atoms with Gasteiger partial charge in [0.2, 0.25) is 0 Å². The van der Waals surface area contributed by atoms with Gasteiger partial charge in [0, 0.05) is 31.9 Å². The number of aryl methyl sites for hydroxylation is 1. The van der Waals surface area contributed by atoms with Crippen molar-refractivity contribution >= 4 is 11.8 Å². The molecule has 0 N–H and O–H groups in total. The fourth-order valence-electron chi connectivity index (χ4n) is 2.12. The summed E-state index contributed by atoms with van der Waals surface area (Å²) in [6.45, 7) is 10.6. The summed E-state index contributed by atoms with van der Waals surface area (Å²) >= 11 is 0. The third kappa shape index (κ3) is 3.85. The maximum Gasteiger partial charge on any atom is 0.410 e. The van der Waals surface area contributed by atoms with Crippen LogP contribution < -0.4 is 4.90 Å². The topological polar surface area (TPSA) is 45.7 Å². The summed E-state index contributed by atoms with van der Waals surface area (Å²) < 4.78 is 5.39. The van der Waals surface area contributed by atoms with Gasteiger partial charge in [-0.15, -0.1) is 0 Å². The van der Waals surface area contributed by atoms with Crippen LogP contribution in [0.1, 0.15) is 26.5 Å². The fraction of sp³-hybridized carbons (Fsp3) is 0.600. The first kappa shape index (κ1) is 14.6. The maximum absolute atomic E-state index is 12.0. The number of nitrogens with zero attached hydrogens (tertiary/aromatic N) is 3. The Bertz CT molecular complexity index is 457. The average molecular weight is 277 g/mol. The van der Waals surface area contributed by atoms with E-state index in [0.717, 1.165) is 24.5 Å². The second-order valence-corrected chi connectivity index (χ2v) is 6.11. The van der Waals surface area contributed by atoms with Crippen LogP contribution >= 0.6 is 0 Å². The van der Waals surface area contributed by atoms with Crippen LogP contribution in [0.25, 0.3) is 0 Å². The van der Waals surface area contributed by atoms with Crippen molar-refractivity contribution in [2.75, 3.05) is 31.1 Å². The van der Waals surface area contributed by atoms with Gasteiger partial charge in [-0.3, -0.25) is 4.98 Å². The number of hydrogen-bond donors (Lipinski definition) is 0. The van der Waals surface area contributed by atoms with Gasteiger partial charge in [0.15, 0.2) is 0 Å². The van der Waals surface area contributed by atoms with E-state index in [1.54, 1.807) is 4.90 Å². The number of amides is 1. The zero-order valence-electron chi connectivity index (χ0n) is 12.7. The smallest absolute Gasteiger partial charge is 0.410 e. The lowest BCUT2D eigenvalue weighted by molar-refractivity contribution is 0.0240. The third-order valence-electron chi connectivity index (χ3n) is 3.19. The molecule has 0 aromatic carbocycles. The Balaban J connectivity index is 1.89. The summed E-state index contributed by atoms with van der Waals surface area (Å²) in [5.41, 5.74) is 1.69. The lowest BCUT2D eigenvalue weighted by Gasteiger charge is -2.36. The molecule has 0 unspecified atom stereocenters. The Hall–Kier alpha value is -1.78. The third-order valence-corrected chi connectivity index (χ3v) is 3.19. The molecular weight excluding hydrogens is 254 g/mol. The Morgan fingerprint density at radius 3 is 2.35 bits per heavy atom. The highest BCUT2D eigenvalue weighted by Gasteiger charge is 2.25. The maximum atomic E-state index is 12.0. The lowest BCUT2D eigenvalue weighted by Crippen LogP contribution is -2.50. The van der Waals surface area contributed by atoms with Crippen molar-refractivity contribution in [3.05, 3.63) is 24.0 Å². The molecule has 1 aromatic rings. The van der Waals surface area contributed by atoms with Crippen LogP contribution in [0.3, 0.4) is 0 Å². The molecule has 0 aliphatic carbocycles. The second-order valence-electron chi connectivity index (χ2n) is 6.11. The quantitative estimate of drug-likeness (QED) is 0.791. The number of anilines is 1. The van der Waals surface area contributed by atoms with E-state index < -0.39 is 5.60 Å². The number of rotatable bonds is 1. The Morgan fingerprint density at radius 2 is 1.85 bits per heavy atom. The first-order valence-electron chi connectivity index (χ1n) is 7.01. The number of carbonyl (C=O) groups is 1. The Morgan fingerprint density at radius 1 is 1.20 bits per heavy atom. The fourth-order valence-corrected chi connectivity index (χ4v) is 2.12. The van der Waals surface area contributed by atoms with Gasteiger partial charge in [0.25, 0.3) is 0 Å². The highest BCUT2D eigenvalue weighted by molar-refractivity contribution is 5.68. The number of hydrogen-bond acceptors (Lipinski definition) is 4. The zero-order valence-corrected chi connectivity index (χ0v) is 12.7. The van der Waals surface area contributed by atoms with Gasteiger partial charge in [-0.25, -0.2) is 4.79 Å². The van der Waals surface area contributed by atoms with E-state index in [2.05, 4.69) is 16.0 Å². The highest BCUT2D eigenvalue weighted by atomic mass is 16.6. The minimum absolute atomic E-state index is 0.223. The minimum Gasteiger partial charge on any atom is -0.444 e. The van der Waals surface area contributed by atoms with Crippen LogP contribution in [0.4, 0.5) is 10.5 Å². The molecule has 0 bridgehead atoms. The van der Waals surface area contributed by atoms with Crippen LogP contribution in [0.2, 0.25) is 0 Å². The van der Waals surface area contributed by atoms with Gasteiger partial charge in [-0.05, 0) is 39.8 Å². The molecule has 1 aliphatic heterocycles. The summed E-state index contributed by atoms with van der Waals surface area (Å²) in [5.74, 6) is 0. The molecule has 20 heavy (non-hydrogen) atoms. The van der Waals surface area contributed by atoms with E-state index in [9.17, 15) is 4.79 Å². The minimum atomic E-state index is -0.435. The van der Waals surface area contributed by atoms with Gasteiger partial charge < -0.3 is 14.5 Å². The summed E-state index contributed by atoms with van der Waals surface area (Å²) in [7, 11) is 0. The van der Waals surface area contributed by atoms with Crippen molar-refractivity contribution in [2.24, 2.45) is 0 Å².